The van der Waals surface area contributed by atoms with E-state index in [4.69, 9.17) is 0 Å². The van der Waals surface area contributed by atoms with Gasteiger partial charge in [0, 0.05) is 10.8 Å². The number of hydrogen-bond donors (Lipinski definition) is 1. The first kappa shape index (κ1) is 11.7. The minimum absolute atomic E-state index is 0.128. The van der Waals surface area contributed by atoms with E-state index in [0.29, 0.717) is 5.92 Å². The number of rotatable bonds is 4. The van der Waals surface area contributed by atoms with Crippen LogP contribution in [-0.2, 0) is 0 Å². The molecular formula is C11H15N3S2. The molecule has 0 amide bonds. The van der Waals surface area contributed by atoms with Gasteiger partial charge >= 0.3 is 0 Å². The Morgan fingerprint density at radius 1 is 1.25 bits per heavy atom. The molecule has 0 radical (unpaired) electrons. The Balaban J connectivity index is 2.27. The Hall–Kier alpha value is -0.780. The van der Waals surface area contributed by atoms with Crippen LogP contribution in [0.3, 0.4) is 0 Å². The van der Waals surface area contributed by atoms with Crippen molar-refractivity contribution < 1.29 is 0 Å². The second-order valence-corrected chi connectivity index (χ2v) is 5.51. The first-order valence-corrected chi connectivity index (χ1v) is 7.05. The van der Waals surface area contributed by atoms with Gasteiger partial charge in [-0.2, -0.15) is 0 Å². The molecule has 2 rings (SSSR count). The molecule has 0 aromatic carbocycles. The summed E-state index contributed by atoms with van der Waals surface area (Å²) < 4.78 is 0. The predicted octanol–water partition coefficient (Wildman–Crippen LogP) is 3.03. The van der Waals surface area contributed by atoms with Gasteiger partial charge in [0.05, 0.1) is 16.9 Å². The fourth-order valence-corrected chi connectivity index (χ4v) is 3.14. The van der Waals surface area contributed by atoms with Crippen LogP contribution in [0.15, 0.2) is 16.3 Å². The molecule has 0 aliphatic rings. The zero-order chi connectivity index (χ0) is 11.5. The van der Waals surface area contributed by atoms with Gasteiger partial charge in [-0.15, -0.1) is 22.7 Å². The van der Waals surface area contributed by atoms with Gasteiger partial charge in [-0.3, -0.25) is 0 Å². The lowest BCUT2D eigenvalue weighted by Gasteiger charge is -2.10. The highest BCUT2D eigenvalue weighted by atomic mass is 32.1. The molecule has 86 valence electrons. The van der Waals surface area contributed by atoms with Gasteiger partial charge < -0.3 is 5.32 Å². The van der Waals surface area contributed by atoms with Crippen LogP contribution in [0.2, 0.25) is 0 Å². The Bertz CT molecular complexity index is 434. The van der Waals surface area contributed by atoms with Crippen LogP contribution in [0.25, 0.3) is 0 Å². The molecule has 5 heteroatoms. The summed E-state index contributed by atoms with van der Waals surface area (Å²) in [5, 5.41) is 8.56. The molecule has 1 unspecified atom stereocenters. The van der Waals surface area contributed by atoms with E-state index in [-0.39, 0.29) is 6.04 Å². The van der Waals surface area contributed by atoms with Crippen molar-refractivity contribution in [3.63, 3.8) is 0 Å². The molecule has 0 bridgehead atoms. The second-order valence-electron chi connectivity index (χ2n) is 3.90. The minimum Gasteiger partial charge on any atom is -0.306 e. The fraction of sp³-hybridized carbons (Fsp3) is 0.455. The molecule has 0 saturated carbocycles. The number of nitrogens with zero attached hydrogens (tertiary/aromatic N) is 2. The van der Waals surface area contributed by atoms with E-state index in [1.807, 2.05) is 12.6 Å². The first-order chi connectivity index (χ1) is 7.72. The van der Waals surface area contributed by atoms with Crippen LogP contribution in [-0.4, -0.2) is 17.0 Å². The molecule has 3 nitrogen and oxygen atoms in total. The molecule has 1 N–H and O–H groups in total. The summed E-state index contributed by atoms with van der Waals surface area (Å²) in [7, 11) is 1.94. The van der Waals surface area contributed by atoms with Crippen molar-refractivity contribution in [1.29, 1.82) is 0 Å². The Morgan fingerprint density at radius 3 is 2.56 bits per heavy atom. The van der Waals surface area contributed by atoms with Crippen LogP contribution >= 0.6 is 22.7 Å². The van der Waals surface area contributed by atoms with E-state index in [9.17, 15) is 0 Å². The Kier molecular flexibility index (Phi) is 3.68. The summed E-state index contributed by atoms with van der Waals surface area (Å²) in [5.41, 5.74) is 4.07. The lowest BCUT2D eigenvalue weighted by Crippen LogP contribution is -2.17. The number of nitrogens with one attached hydrogen (secondary N) is 1. The van der Waals surface area contributed by atoms with E-state index in [2.05, 4.69) is 39.9 Å². The van der Waals surface area contributed by atoms with Crippen LogP contribution in [0.5, 0.6) is 0 Å². The highest BCUT2D eigenvalue weighted by molar-refractivity contribution is 7.10. The highest BCUT2D eigenvalue weighted by Gasteiger charge is 2.18. The van der Waals surface area contributed by atoms with E-state index in [1.54, 1.807) is 22.7 Å². The van der Waals surface area contributed by atoms with Gasteiger partial charge in [0.15, 0.2) is 0 Å². The third kappa shape index (κ3) is 2.31. The lowest BCUT2D eigenvalue weighted by molar-refractivity contribution is 0.664. The molecule has 1 atom stereocenters. The summed E-state index contributed by atoms with van der Waals surface area (Å²) in [6, 6.07) is 0.128. The number of thiazole rings is 2. The van der Waals surface area contributed by atoms with Gasteiger partial charge in [0.25, 0.3) is 0 Å². The largest absolute Gasteiger partial charge is 0.306 e. The van der Waals surface area contributed by atoms with Crippen molar-refractivity contribution in [2.24, 2.45) is 0 Å². The smallest absolute Gasteiger partial charge is 0.116 e. The summed E-state index contributed by atoms with van der Waals surface area (Å²) >= 11 is 3.32. The maximum absolute atomic E-state index is 4.66. The van der Waals surface area contributed by atoms with Crippen LogP contribution in [0, 0.1) is 0 Å². The Morgan fingerprint density at radius 2 is 2.06 bits per heavy atom. The summed E-state index contributed by atoms with van der Waals surface area (Å²) in [6.07, 6.45) is 0. The van der Waals surface area contributed by atoms with Crippen molar-refractivity contribution in [3.05, 3.63) is 32.7 Å². The van der Waals surface area contributed by atoms with Crippen molar-refractivity contribution in [2.75, 3.05) is 7.05 Å². The molecule has 0 saturated heterocycles. The Labute approximate surface area is 104 Å². The zero-order valence-corrected chi connectivity index (χ0v) is 11.2. The van der Waals surface area contributed by atoms with Crippen LogP contribution in [0.4, 0.5) is 0 Å². The van der Waals surface area contributed by atoms with Gasteiger partial charge in [-0.25, -0.2) is 9.97 Å². The van der Waals surface area contributed by atoms with E-state index in [0.717, 1.165) is 16.4 Å². The molecule has 0 fully saturated rings. The maximum Gasteiger partial charge on any atom is 0.116 e. The molecule has 16 heavy (non-hydrogen) atoms. The highest BCUT2D eigenvalue weighted by Crippen LogP contribution is 2.26. The topological polar surface area (TPSA) is 37.8 Å². The van der Waals surface area contributed by atoms with Crippen LogP contribution in [0.1, 0.15) is 42.2 Å². The van der Waals surface area contributed by atoms with Crippen molar-refractivity contribution in [2.45, 2.75) is 25.8 Å². The third-order valence-corrected chi connectivity index (χ3v) is 3.95. The summed E-state index contributed by atoms with van der Waals surface area (Å²) in [6.45, 7) is 4.33. The van der Waals surface area contributed by atoms with E-state index >= 15 is 0 Å². The van der Waals surface area contributed by atoms with Crippen molar-refractivity contribution >= 4 is 22.7 Å². The normalized spacial score (nSPS) is 13.2. The van der Waals surface area contributed by atoms with E-state index in [1.165, 1.54) is 0 Å². The standard InChI is InChI=1S/C11H15N3S2/c1-7(2)8-5-16-11(14-8)10(12-3)9-4-15-6-13-9/h4-7,10,12H,1-3H3. The number of hydrogen-bond acceptors (Lipinski definition) is 5. The van der Waals surface area contributed by atoms with Gasteiger partial charge in [0.1, 0.15) is 11.0 Å². The van der Waals surface area contributed by atoms with Gasteiger partial charge in [-0.1, -0.05) is 13.8 Å². The SMILES string of the molecule is CNC(c1cscn1)c1nc(C(C)C)cs1. The molecule has 2 heterocycles. The number of aromatic nitrogens is 2. The van der Waals surface area contributed by atoms with Gasteiger partial charge in [-0.05, 0) is 13.0 Å². The zero-order valence-electron chi connectivity index (χ0n) is 9.60. The fourth-order valence-electron chi connectivity index (χ4n) is 1.46. The van der Waals surface area contributed by atoms with Gasteiger partial charge in [0.2, 0.25) is 0 Å². The maximum atomic E-state index is 4.66. The van der Waals surface area contributed by atoms with Crippen LogP contribution < -0.4 is 5.32 Å². The van der Waals surface area contributed by atoms with E-state index < -0.39 is 0 Å². The van der Waals surface area contributed by atoms with Crippen molar-refractivity contribution in [1.82, 2.24) is 15.3 Å². The average Bonchev–Trinajstić information content (AvgIpc) is 2.88. The minimum atomic E-state index is 0.128. The summed E-state index contributed by atoms with van der Waals surface area (Å²) in [5.74, 6) is 0.484. The second kappa shape index (κ2) is 5.03. The average molecular weight is 253 g/mol. The predicted molar refractivity (Wildman–Crippen MR) is 69.2 cm³/mol. The molecule has 2 aromatic heterocycles. The quantitative estimate of drug-likeness (QED) is 0.910. The molecule has 2 aromatic rings. The molecule has 0 aliphatic heterocycles. The monoisotopic (exact) mass is 253 g/mol. The molecule has 0 aliphatic carbocycles. The first-order valence-electron chi connectivity index (χ1n) is 5.23. The van der Waals surface area contributed by atoms with Crippen molar-refractivity contribution in [3.8, 4) is 0 Å². The molecule has 0 spiro atoms. The summed E-state index contributed by atoms with van der Waals surface area (Å²) in [4.78, 5) is 9.00. The lowest BCUT2D eigenvalue weighted by atomic mass is 10.1. The third-order valence-electron chi connectivity index (χ3n) is 2.41. The molecular weight excluding hydrogens is 238 g/mol.